The summed E-state index contributed by atoms with van der Waals surface area (Å²) in [6.07, 6.45) is 3.58. The Hall–Kier alpha value is -0.800. The van der Waals surface area contributed by atoms with E-state index in [9.17, 15) is 0 Å². The lowest BCUT2D eigenvalue weighted by atomic mass is 10.1. The van der Waals surface area contributed by atoms with Crippen LogP contribution in [0.2, 0.25) is 0 Å². The molecule has 2 aromatic rings. The Labute approximate surface area is 104 Å². The number of hydrogen-bond donors (Lipinski definition) is 0. The Bertz CT molecular complexity index is 487. The average molecular weight is 253 g/mol. The van der Waals surface area contributed by atoms with E-state index in [2.05, 4.69) is 21.5 Å². The van der Waals surface area contributed by atoms with Crippen LogP contribution in [0.25, 0.3) is 11.3 Å². The first kappa shape index (κ1) is 10.4. The number of halogens is 1. The molecule has 84 valence electrons. The Morgan fingerprint density at radius 3 is 3.12 bits per heavy atom. The molecule has 0 saturated heterocycles. The molecule has 0 bridgehead atoms. The predicted molar refractivity (Wildman–Crippen MR) is 68.3 cm³/mol. The molecule has 0 fully saturated rings. The second-order valence-corrected chi connectivity index (χ2v) is 5.21. The molecular formula is C12H13ClN2S. The van der Waals surface area contributed by atoms with Crippen LogP contribution in [0.5, 0.6) is 0 Å². The molecule has 0 saturated carbocycles. The Morgan fingerprint density at radius 1 is 1.44 bits per heavy atom. The first-order valence-corrected chi connectivity index (χ1v) is 7.05. The molecular weight excluding hydrogens is 240 g/mol. The van der Waals surface area contributed by atoms with Gasteiger partial charge >= 0.3 is 0 Å². The van der Waals surface area contributed by atoms with Gasteiger partial charge in [0.1, 0.15) is 0 Å². The standard InChI is InChI=1S/C12H13ClN2S/c13-5-6-15-11-3-1-2-10(11)12(14-15)9-4-7-16-8-9/h4,7-8H,1-3,5-6H2. The SMILES string of the molecule is ClCCn1nc(-c2ccsc2)c2c1CCC2. The number of thiophene rings is 1. The molecule has 0 amide bonds. The largest absolute Gasteiger partial charge is 0.267 e. The van der Waals surface area contributed by atoms with Crippen molar-refractivity contribution in [1.82, 2.24) is 9.78 Å². The monoisotopic (exact) mass is 252 g/mol. The summed E-state index contributed by atoms with van der Waals surface area (Å²) in [5.74, 6) is 0.636. The van der Waals surface area contributed by atoms with E-state index in [0.717, 1.165) is 13.0 Å². The van der Waals surface area contributed by atoms with E-state index in [1.807, 2.05) is 0 Å². The fraction of sp³-hybridized carbons (Fsp3) is 0.417. The second kappa shape index (κ2) is 4.22. The fourth-order valence-electron chi connectivity index (χ4n) is 2.41. The molecule has 0 spiro atoms. The summed E-state index contributed by atoms with van der Waals surface area (Å²) in [6.45, 7) is 0.827. The van der Waals surface area contributed by atoms with Crippen LogP contribution >= 0.6 is 22.9 Å². The molecule has 0 N–H and O–H groups in total. The normalized spacial score (nSPS) is 14.3. The predicted octanol–water partition coefficient (Wildman–Crippen LogP) is 3.34. The smallest absolute Gasteiger partial charge is 0.0966 e. The van der Waals surface area contributed by atoms with E-state index in [1.54, 1.807) is 11.3 Å². The lowest BCUT2D eigenvalue weighted by Crippen LogP contribution is -2.05. The van der Waals surface area contributed by atoms with E-state index in [0.29, 0.717) is 5.88 Å². The van der Waals surface area contributed by atoms with Crippen LogP contribution in [0.1, 0.15) is 17.7 Å². The zero-order valence-corrected chi connectivity index (χ0v) is 10.5. The first-order valence-electron chi connectivity index (χ1n) is 5.57. The van der Waals surface area contributed by atoms with Gasteiger partial charge in [-0.05, 0) is 30.7 Å². The molecule has 0 radical (unpaired) electrons. The van der Waals surface area contributed by atoms with Gasteiger partial charge in [0.15, 0.2) is 0 Å². The Morgan fingerprint density at radius 2 is 2.38 bits per heavy atom. The summed E-state index contributed by atoms with van der Waals surface area (Å²) in [5.41, 5.74) is 5.29. The Balaban J connectivity index is 2.09. The fourth-order valence-corrected chi connectivity index (χ4v) is 3.21. The average Bonchev–Trinajstić information content (AvgIpc) is 2.94. The third-order valence-electron chi connectivity index (χ3n) is 3.10. The molecule has 0 unspecified atom stereocenters. The van der Waals surface area contributed by atoms with Crippen LogP contribution in [-0.4, -0.2) is 15.7 Å². The van der Waals surface area contributed by atoms with Gasteiger partial charge in [-0.25, -0.2) is 0 Å². The minimum atomic E-state index is 0.636. The van der Waals surface area contributed by atoms with E-state index >= 15 is 0 Å². The van der Waals surface area contributed by atoms with Crippen LogP contribution in [0.3, 0.4) is 0 Å². The third kappa shape index (κ3) is 1.59. The quantitative estimate of drug-likeness (QED) is 0.766. The molecule has 4 heteroatoms. The summed E-state index contributed by atoms with van der Waals surface area (Å²) in [7, 11) is 0. The van der Waals surface area contributed by atoms with Crippen molar-refractivity contribution in [2.45, 2.75) is 25.8 Å². The highest BCUT2D eigenvalue weighted by Crippen LogP contribution is 2.32. The molecule has 3 rings (SSSR count). The summed E-state index contributed by atoms with van der Waals surface area (Å²) >= 11 is 7.54. The summed E-state index contributed by atoms with van der Waals surface area (Å²) in [5, 5.41) is 8.98. The van der Waals surface area contributed by atoms with Gasteiger partial charge < -0.3 is 0 Å². The number of aromatic nitrogens is 2. The zero-order chi connectivity index (χ0) is 11.0. The van der Waals surface area contributed by atoms with E-state index in [1.165, 1.54) is 35.4 Å². The number of rotatable bonds is 3. The number of fused-ring (bicyclic) bond motifs is 1. The van der Waals surface area contributed by atoms with E-state index in [4.69, 9.17) is 16.7 Å². The van der Waals surface area contributed by atoms with Crippen LogP contribution in [-0.2, 0) is 19.4 Å². The van der Waals surface area contributed by atoms with Gasteiger partial charge in [0.2, 0.25) is 0 Å². The Kier molecular flexibility index (Phi) is 2.74. The zero-order valence-electron chi connectivity index (χ0n) is 8.95. The summed E-state index contributed by atoms with van der Waals surface area (Å²) in [4.78, 5) is 0. The molecule has 0 atom stereocenters. The van der Waals surface area contributed by atoms with Gasteiger partial charge in [0.05, 0.1) is 12.2 Å². The highest BCUT2D eigenvalue weighted by atomic mass is 35.5. The van der Waals surface area contributed by atoms with Crippen molar-refractivity contribution < 1.29 is 0 Å². The molecule has 16 heavy (non-hydrogen) atoms. The maximum Gasteiger partial charge on any atom is 0.0966 e. The minimum absolute atomic E-state index is 0.636. The minimum Gasteiger partial charge on any atom is -0.267 e. The van der Waals surface area contributed by atoms with Crippen molar-refractivity contribution in [2.75, 3.05) is 5.88 Å². The maximum absolute atomic E-state index is 5.81. The molecule has 2 heterocycles. The summed E-state index contributed by atoms with van der Waals surface area (Å²) < 4.78 is 2.10. The van der Waals surface area contributed by atoms with Gasteiger partial charge in [-0.2, -0.15) is 16.4 Å². The number of nitrogens with zero attached hydrogens (tertiary/aromatic N) is 2. The molecule has 2 aromatic heterocycles. The van der Waals surface area contributed by atoms with Gasteiger partial charge in [-0.3, -0.25) is 4.68 Å². The van der Waals surface area contributed by atoms with Crippen LogP contribution in [0, 0.1) is 0 Å². The van der Waals surface area contributed by atoms with Crippen molar-refractivity contribution in [3.8, 4) is 11.3 Å². The van der Waals surface area contributed by atoms with Crippen molar-refractivity contribution in [3.05, 3.63) is 28.1 Å². The van der Waals surface area contributed by atoms with Gasteiger partial charge in [0.25, 0.3) is 0 Å². The van der Waals surface area contributed by atoms with Gasteiger partial charge in [0, 0.05) is 28.1 Å². The highest BCUT2D eigenvalue weighted by molar-refractivity contribution is 7.08. The van der Waals surface area contributed by atoms with E-state index < -0.39 is 0 Å². The lowest BCUT2D eigenvalue weighted by molar-refractivity contribution is 0.627. The maximum atomic E-state index is 5.81. The lowest BCUT2D eigenvalue weighted by Gasteiger charge is -2.01. The second-order valence-electron chi connectivity index (χ2n) is 4.05. The van der Waals surface area contributed by atoms with Crippen molar-refractivity contribution >= 4 is 22.9 Å². The van der Waals surface area contributed by atoms with Gasteiger partial charge in [-0.1, -0.05) is 0 Å². The summed E-state index contributed by atoms with van der Waals surface area (Å²) in [6, 6.07) is 2.15. The molecule has 0 aromatic carbocycles. The molecule has 2 nitrogen and oxygen atoms in total. The topological polar surface area (TPSA) is 17.8 Å². The molecule has 0 aliphatic heterocycles. The number of aryl methyl sites for hydroxylation is 1. The van der Waals surface area contributed by atoms with Crippen LogP contribution in [0.15, 0.2) is 16.8 Å². The van der Waals surface area contributed by atoms with Crippen molar-refractivity contribution in [3.63, 3.8) is 0 Å². The van der Waals surface area contributed by atoms with Gasteiger partial charge in [-0.15, -0.1) is 11.6 Å². The number of hydrogen-bond acceptors (Lipinski definition) is 2. The van der Waals surface area contributed by atoms with Crippen LogP contribution < -0.4 is 0 Å². The third-order valence-corrected chi connectivity index (χ3v) is 3.95. The molecule has 1 aliphatic carbocycles. The highest BCUT2D eigenvalue weighted by Gasteiger charge is 2.22. The van der Waals surface area contributed by atoms with Crippen LogP contribution in [0.4, 0.5) is 0 Å². The number of alkyl halides is 1. The first-order chi connectivity index (χ1) is 7.90. The molecule has 1 aliphatic rings. The van der Waals surface area contributed by atoms with Crippen molar-refractivity contribution in [2.24, 2.45) is 0 Å². The van der Waals surface area contributed by atoms with E-state index in [-0.39, 0.29) is 0 Å². The van der Waals surface area contributed by atoms with Crippen molar-refractivity contribution in [1.29, 1.82) is 0 Å².